The molecule has 2 aromatic rings. The molecule has 0 radical (unpaired) electrons. The van der Waals surface area contributed by atoms with E-state index >= 15 is 0 Å². The van der Waals surface area contributed by atoms with Crippen LogP contribution in [0.2, 0.25) is 0 Å². The summed E-state index contributed by atoms with van der Waals surface area (Å²) < 4.78 is 5.44. The molecule has 0 saturated heterocycles. The third-order valence-corrected chi connectivity index (χ3v) is 2.98. The van der Waals surface area contributed by atoms with Crippen molar-refractivity contribution in [3.8, 4) is 0 Å². The van der Waals surface area contributed by atoms with E-state index in [2.05, 4.69) is 15.2 Å². The Morgan fingerprint density at radius 3 is 2.52 bits per heavy atom. The molecule has 3 N–H and O–H groups in total. The van der Waals surface area contributed by atoms with Crippen LogP contribution in [-0.2, 0) is 0 Å². The molecule has 6 heteroatoms. The molecular formula is C15H21IN4O. The molecule has 0 amide bonds. The second kappa shape index (κ2) is 8.68. The minimum absolute atomic E-state index is 0. The van der Waals surface area contributed by atoms with Gasteiger partial charge < -0.3 is 15.5 Å². The average molecular weight is 400 g/mol. The van der Waals surface area contributed by atoms with E-state index in [0.29, 0.717) is 12.5 Å². The predicted octanol–water partition coefficient (Wildman–Crippen LogP) is 2.93. The SMILES string of the molecule is CN(C)C(CN=C(N)Nc1ccccc1)c1ccco1.I. The number of aliphatic imine (C=N–C) groups is 1. The number of guanidine groups is 1. The minimum Gasteiger partial charge on any atom is -0.468 e. The Kier molecular flexibility index (Phi) is 7.24. The van der Waals surface area contributed by atoms with Crippen LogP contribution in [-0.4, -0.2) is 31.5 Å². The van der Waals surface area contributed by atoms with Gasteiger partial charge in [-0.05, 0) is 38.4 Å². The summed E-state index contributed by atoms with van der Waals surface area (Å²) >= 11 is 0. The van der Waals surface area contributed by atoms with Crippen molar-refractivity contribution in [2.45, 2.75) is 6.04 Å². The van der Waals surface area contributed by atoms with E-state index < -0.39 is 0 Å². The number of furan rings is 1. The Hall–Kier alpha value is -1.54. The van der Waals surface area contributed by atoms with Gasteiger partial charge in [-0.2, -0.15) is 0 Å². The van der Waals surface area contributed by atoms with E-state index in [1.165, 1.54) is 0 Å². The Bertz CT molecular complexity index is 540. The van der Waals surface area contributed by atoms with Crippen LogP contribution in [0.1, 0.15) is 11.8 Å². The van der Waals surface area contributed by atoms with Gasteiger partial charge in [-0.1, -0.05) is 18.2 Å². The highest BCUT2D eigenvalue weighted by Crippen LogP contribution is 2.18. The summed E-state index contributed by atoms with van der Waals surface area (Å²) in [5.74, 6) is 1.28. The first-order valence-electron chi connectivity index (χ1n) is 6.48. The van der Waals surface area contributed by atoms with E-state index in [0.717, 1.165) is 11.4 Å². The van der Waals surface area contributed by atoms with Crippen LogP contribution in [0.5, 0.6) is 0 Å². The zero-order chi connectivity index (χ0) is 14.4. The number of anilines is 1. The van der Waals surface area contributed by atoms with Gasteiger partial charge in [0.25, 0.3) is 0 Å². The topological polar surface area (TPSA) is 66.8 Å². The van der Waals surface area contributed by atoms with Gasteiger partial charge in [-0.3, -0.25) is 9.89 Å². The molecule has 5 nitrogen and oxygen atoms in total. The van der Waals surface area contributed by atoms with Crippen LogP contribution in [0.3, 0.4) is 0 Å². The van der Waals surface area contributed by atoms with Crippen LogP contribution >= 0.6 is 24.0 Å². The Morgan fingerprint density at radius 1 is 1.24 bits per heavy atom. The molecule has 0 bridgehead atoms. The summed E-state index contributed by atoms with van der Waals surface area (Å²) in [6, 6.07) is 13.6. The number of nitrogens with two attached hydrogens (primary N) is 1. The molecule has 0 fully saturated rings. The van der Waals surface area contributed by atoms with Gasteiger partial charge >= 0.3 is 0 Å². The number of para-hydroxylation sites is 1. The van der Waals surface area contributed by atoms with E-state index in [-0.39, 0.29) is 30.0 Å². The van der Waals surface area contributed by atoms with Gasteiger partial charge in [0.15, 0.2) is 5.96 Å². The Labute approximate surface area is 142 Å². The number of hydrogen-bond donors (Lipinski definition) is 2. The quantitative estimate of drug-likeness (QED) is 0.460. The van der Waals surface area contributed by atoms with E-state index in [1.54, 1.807) is 6.26 Å². The maximum atomic E-state index is 5.90. The maximum absolute atomic E-state index is 5.90. The fourth-order valence-corrected chi connectivity index (χ4v) is 1.88. The molecular weight excluding hydrogens is 379 g/mol. The predicted molar refractivity (Wildman–Crippen MR) is 97.1 cm³/mol. The molecule has 114 valence electrons. The smallest absolute Gasteiger partial charge is 0.193 e. The van der Waals surface area contributed by atoms with Crippen molar-refractivity contribution < 1.29 is 4.42 Å². The zero-order valence-corrected chi connectivity index (χ0v) is 14.5. The van der Waals surface area contributed by atoms with Crippen molar-refractivity contribution in [2.75, 3.05) is 26.0 Å². The van der Waals surface area contributed by atoms with Crippen LogP contribution in [0.4, 0.5) is 5.69 Å². The molecule has 1 heterocycles. The van der Waals surface area contributed by atoms with Gasteiger partial charge in [0, 0.05) is 5.69 Å². The number of nitrogens with zero attached hydrogens (tertiary/aromatic N) is 2. The van der Waals surface area contributed by atoms with Gasteiger partial charge in [-0.25, -0.2) is 0 Å². The lowest BCUT2D eigenvalue weighted by Gasteiger charge is -2.20. The third-order valence-electron chi connectivity index (χ3n) is 2.98. The van der Waals surface area contributed by atoms with Crippen LogP contribution in [0.25, 0.3) is 0 Å². The number of likely N-dealkylation sites (N-methyl/N-ethyl adjacent to an activating group) is 1. The van der Waals surface area contributed by atoms with Gasteiger partial charge in [-0.15, -0.1) is 24.0 Å². The highest BCUT2D eigenvalue weighted by Gasteiger charge is 2.16. The standard InChI is InChI=1S/C15H20N4O.HI/c1-19(2)13(14-9-6-10-20-14)11-17-15(16)18-12-7-4-3-5-8-12;/h3-10,13H,11H2,1-2H3,(H3,16,17,18);1H. The minimum atomic E-state index is 0. The monoisotopic (exact) mass is 400 g/mol. The van der Waals surface area contributed by atoms with Crippen molar-refractivity contribution in [3.63, 3.8) is 0 Å². The largest absolute Gasteiger partial charge is 0.468 e. The number of hydrogen-bond acceptors (Lipinski definition) is 3. The Morgan fingerprint density at radius 2 is 1.95 bits per heavy atom. The molecule has 1 atom stereocenters. The highest BCUT2D eigenvalue weighted by atomic mass is 127. The molecule has 0 aliphatic rings. The normalized spacial score (nSPS) is 12.8. The van der Waals surface area contributed by atoms with Gasteiger partial charge in [0.05, 0.1) is 18.8 Å². The lowest BCUT2D eigenvalue weighted by molar-refractivity contribution is 0.265. The first-order valence-corrected chi connectivity index (χ1v) is 6.48. The summed E-state index contributed by atoms with van der Waals surface area (Å²) in [5, 5.41) is 3.06. The summed E-state index contributed by atoms with van der Waals surface area (Å²) in [6.07, 6.45) is 1.67. The number of benzene rings is 1. The van der Waals surface area contributed by atoms with Crippen molar-refractivity contribution in [1.29, 1.82) is 0 Å². The average Bonchev–Trinajstić information content (AvgIpc) is 2.93. The first-order chi connectivity index (χ1) is 9.66. The molecule has 2 rings (SSSR count). The van der Waals surface area contributed by atoms with Crippen molar-refractivity contribution in [2.24, 2.45) is 10.7 Å². The Balaban J connectivity index is 0.00000220. The number of nitrogens with one attached hydrogen (secondary N) is 1. The van der Waals surface area contributed by atoms with Crippen molar-refractivity contribution in [3.05, 3.63) is 54.5 Å². The maximum Gasteiger partial charge on any atom is 0.193 e. The van der Waals surface area contributed by atoms with E-state index in [4.69, 9.17) is 10.2 Å². The second-order valence-electron chi connectivity index (χ2n) is 4.71. The first kappa shape index (κ1) is 17.5. The molecule has 1 aromatic carbocycles. The molecule has 0 saturated carbocycles. The van der Waals surface area contributed by atoms with Gasteiger partial charge in [0.1, 0.15) is 5.76 Å². The molecule has 1 unspecified atom stereocenters. The van der Waals surface area contributed by atoms with E-state index in [9.17, 15) is 0 Å². The van der Waals surface area contributed by atoms with Crippen LogP contribution in [0.15, 0.2) is 58.1 Å². The van der Waals surface area contributed by atoms with Crippen molar-refractivity contribution in [1.82, 2.24) is 4.90 Å². The molecule has 1 aromatic heterocycles. The van der Waals surface area contributed by atoms with E-state index in [1.807, 2.05) is 56.6 Å². The van der Waals surface area contributed by atoms with Crippen molar-refractivity contribution >= 4 is 35.6 Å². The summed E-state index contributed by atoms with van der Waals surface area (Å²) in [5.41, 5.74) is 6.82. The fourth-order valence-electron chi connectivity index (χ4n) is 1.88. The number of rotatable bonds is 5. The lowest BCUT2D eigenvalue weighted by atomic mass is 10.2. The highest BCUT2D eigenvalue weighted by molar-refractivity contribution is 14.0. The summed E-state index contributed by atoms with van der Waals surface area (Å²) in [4.78, 5) is 6.43. The third kappa shape index (κ3) is 5.39. The second-order valence-corrected chi connectivity index (χ2v) is 4.71. The van der Waals surface area contributed by atoms with Gasteiger partial charge in [0.2, 0.25) is 0 Å². The molecule has 0 aliphatic heterocycles. The zero-order valence-electron chi connectivity index (χ0n) is 12.2. The van der Waals surface area contributed by atoms with Crippen LogP contribution in [0, 0.1) is 0 Å². The fraction of sp³-hybridized carbons (Fsp3) is 0.267. The van der Waals surface area contributed by atoms with Crippen LogP contribution < -0.4 is 11.1 Å². The number of halogens is 1. The molecule has 0 aliphatic carbocycles. The lowest BCUT2D eigenvalue weighted by Crippen LogP contribution is -2.27. The summed E-state index contributed by atoms with van der Waals surface area (Å²) in [7, 11) is 3.98. The summed E-state index contributed by atoms with van der Waals surface area (Å²) in [6.45, 7) is 0.534. The molecule has 0 spiro atoms. The molecule has 21 heavy (non-hydrogen) atoms.